The number of rotatable bonds is 4. The Hall–Kier alpha value is -2.06. The first-order valence-electron chi connectivity index (χ1n) is 6.82. The molecule has 1 N–H and O–H groups in total. The zero-order valence-corrected chi connectivity index (χ0v) is 14.7. The van der Waals surface area contributed by atoms with Crippen LogP contribution in [0, 0.1) is 5.82 Å². The Kier molecular flexibility index (Phi) is 4.91. The van der Waals surface area contributed by atoms with Crippen molar-refractivity contribution in [3.63, 3.8) is 0 Å². The third kappa shape index (κ3) is 3.88. The molecule has 2 aromatic rings. The van der Waals surface area contributed by atoms with Crippen LogP contribution in [0.1, 0.15) is 19.4 Å². The molecule has 6 nitrogen and oxygen atoms in total. The lowest BCUT2D eigenvalue weighted by Crippen LogP contribution is -2.35. The molecule has 0 spiro atoms. The number of sulfone groups is 1. The molecule has 128 valence electrons. The maximum atomic E-state index is 14.1. The van der Waals surface area contributed by atoms with Crippen LogP contribution in [0.5, 0.6) is 0 Å². The van der Waals surface area contributed by atoms with Crippen molar-refractivity contribution >= 4 is 33.2 Å². The first-order valence-corrected chi connectivity index (χ1v) is 9.09. The third-order valence-electron chi connectivity index (χ3n) is 3.43. The Morgan fingerprint density at radius 3 is 2.38 bits per heavy atom. The predicted molar refractivity (Wildman–Crippen MR) is 88.2 cm³/mol. The first kappa shape index (κ1) is 18.3. The largest absolute Gasteiger partial charge is 0.308 e. The van der Waals surface area contributed by atoms with Gasteiger partial charge in [0.2, 0.25) is 5.91 Å². The number of benzene rings is 1. The number of aromatic nitrogens is 2. The highest BCUT2D eigenvalue weighted by Gasteiger charge is 2.33. The lowest BCUT2D eigenvalue weighted by molar-refractivity contribution is -0.120. The number of anilines is 1. The van der Waals surface area contributed by atoms with Crippen molar-refractivity contribution in [1.82, 2.24) is 10.2 Å². The minimum atomic E-state index is -3.48. The van der Waals surface area contributed by atoms with Gasteiger partial charge < -0.3 is 5.32 Å². The molecule has 1 amide bonds. The zero-order valence-electron chi connectivity index (χ0n) is 13.2. The molecular formula is C15H15ClFN3O3S. The Bertz CT molecular complexity index is 883. The Morgan fingerprint density at radius 1 is 1.21 bits per heavy atom. The summed E-state index contributed by atoms with van der Waals surface area (Å²) in [5.74, 6) is -1.05. The molecule has 1 aromatic heterocycles. The van der Waals surface area contributed by atoms with Gasteiger partial charge in [-0.1, -0.05) is 17.7 Å². The van der Waals surface area contributed by atoms with E-state index in [0.717, 1.165) is 12.3 Å². The van der Waals surface area contributed by atoms with Crippen LogP contribution in [-0.2, 0) is 20.0 Å². The smallest absolute Gasteiger partial charge is 0.235 e. The molecule has 0 radical (unpaired) electrons. The van der Waals surface area contributed by atoms with Gasteiger partial charge in [0.25, 0.3) is 0 Å². The molecule has 0 unspecified atom stereocenters. The molecule has 0 fully saturated rings. The number of carbonyl (C=O) groups is 1. The summed E-state index contributed by atoms with van der Waals surface area (Å²) >= 11 is 5.72. The van der Waals surface area contributed by atoms with Gasteiger partial charge in [0.15, 0.2) is 20.7 Å². The normalized spacial score (nSPS) is 12.0. The highest BCUT2D eigenvalue weighted by atomic mass is 35.5. The maximum absolute atomic E-state index is 14.1. The third-order valence-corrected chi connectivity index (χ3v) is 4.65. The minimum absolute atomic E-state index is 0.0647. The summed E-state index contributed by atoms with van der Waals surface area (Å²) in [4.78, 5) is 12.5. The second-order valence-corrected chi connectivity index (χ2v) is 8.13. The number of amides is 1. The van der Waals surface area contributed by atoms with Crippen LogP contribution >= 0.6 is 11.6 Å². The highest BCUT2D eigenvalue weighted by Crippen LogP contribution is 2.29. The van der Waals surface area contributed by atoms with E-state index in [1.165, 1.54) is 24.3 Å². The van der Waals surface area contributed by atoms with Crippen LogP contribution in [0.4, 0.5) is 10.2 Å². The van der Waals surface area contributed by atoms with Crippen LogP contribution in [0.2, 0.25) is 5.02 Å². The van der Waals surface area contributed by atoms with Crippen molar-refractivity contribution in [3.05, 3.63) is 46.7 Å². The van der Waals surface area contributed by atoms with E-state index in [-0.39, 0.29) is 21.4 Å². The van der Waals surface area contributed by atoms with Gasteiger partial charge in [-0.3, -0.25) is 4.79 Å². The molecule has 0 bridgehead atoms. The topological polar surface area (TPSA) is 89.0 Å². The van der Waals surface area contributed by atoms with E-state index in [2.05, 4.69) is 15.5 Å². The van der Waals surface area contributed by atoms with Crippen molar-refractivity contribution < 1.29 is 17.6 Å². The molecule has 0 aliphatic heterocycles. The van der Waals surface area contributed by atoms with Crippen LogP contribution in [0.25, 0.3) is 0 Å². The van der Waals surface area contributed by atoms with Crippen LogP contribution < -0.4 is 5.32 Å². The van der Waals surface area contributed by atoms with E-state index < -0.39 is 27.0 Å². The van der Waals surface area contributed by atoms with Crippen LogP contribution in [0.15, 0.2) is 35.4 Å². The number of carbonyl (C=O) groups excluding carboxylic acids is 1. The fraction of sp³-hybridized carbons (Fsp3) is 0.267. The zero-order chi connectivity index (χ0) is 18.1. The van der Waals surface area contributed by atoms with Gasteiger partial charge in [-0.15, -0.1) is 10.2 Å². The lowest BCUT2D eigenvalue weighted by Gasteiger charge is -2.24. The second-order valence-electron chi connectivity index (χ2n) is 5.73. The summed E-state index contributed by atoms with van der Waals surface area (Å²) in [7, 11) is -3.48. The molecule has 24 heavy (non-hydrogen) atoms. The van der Waals surface area contributed by atoms with Crippen molar-refractivity contribution in [2.75, 3.05) is 11.6 Å². The predicted octanol–water partition coefficient (Wildman–Crippen LogP) is 2.59. The number of nitrogens with zero attached hydrogens (tertiary/aromatic N) is 2. The van der Waals surface area contributed by atoms with Crippen molar-refractivity contribution in [1.29, 1.82) is 0 Å². The summed E-state index contributed by atoms with van der Waals surface area (Å²) in [6, 6.07) is 6.61. The van der Waals surface area contributed by atoms with Crippen molar-refractivity contribution in [2.24, 2.45) is 0 Å². The highest BCUT2D eigenvalue weighted by molar-refractivity contribution is 7.90. The molecule has 0 saturated heterocycles. The Morgan fingerprint density at radius 2 is 1.88 bits per heavy atom. The molecule has 0 aliphatic rings. The van der Waals surface area contributed by atoms with Gasteiger partial charge in [0.1, 0.15) is 5.82 Å². The summed E-state index contributed by atoms with van der Waals surface area (Å²) in [5, 5.41) is 9.72. The van der Waals surface area contributed by atoms with Crippen LogP contribution in [0.3, 0.4) is 0 Å². The second kappa shape index (κ2) is 6.45. The van der Waals surface area contributed by atoms with E-state index in [4.69, 9.17) is 11.6 Å². The quantitative estimate of drug-likeness (QED) is 0.892. The average molecular weight is 372 g/mol. The number of hydrogen-bond donors (Lipinski definition) is 1. The van der Waals surface area contributed by atoms with E-state index in [0.29, 0.717) is 0 Å². The van der Waals surface area contributed by atoms with E-state index in [1.807, 2.05) is 0 Å². The SMILES string of the molecule is CC(C)(C(=O)Nc1ccc(S(C)(=O)=O)nn1)c1ccc(Cl)cc1F. The standard InChI is InChI=1S/C15H15ClFN3O3S/c1-15(2,10-5-4-9(16)8-11(10)17)14(21)18-12-6-7-13(20-19-12)24(3,22)23/h4-8H,1-3H3,(H,18,19,21). The molecule has 0 atom stereocenters. The lowest BCUT2D eigenvalue weighted by atomic mass is 9.83. The van der Waals surface area contributed by atoms with E-state index in [9.17, 15) is 17.6 Å². The molecule has 2 rings (SSSR count). The van der Waals surface area contributed by atoms with E-state index >= 15 is 0 Å². The molecule has 9 heteroatoms. The van der Waals surface area contributed by atoms with Gasteiger partial charge in [-0.25, -0.2) is 12.8 Å². The Labute approximate surface area is 144 Å². The molecule has 1 aromatic carbocycles. The van der Waals surface area contributed by atoms with E-state index in [1.54, 1.807) is 13.8 Å². The van der Waals surface area contributed by atoms with Gasteiger partial charge in [-0.2, -0.15) is 0 Å². The molecule has 1 heterocycles. The number of nitrogens with one attached hydrogen (secondary N) is 1. The number of hydrogen-bond acceptors (Lipinski definition) is 5. The molecular weight excluding hydrogens is 357 g/mol. The van der Waals surface area contributed by atoms with Gasteiger partial charge in [0, 0.05) is 16.8 Å². The van der Waals surface area contributed by atoms with Gasteiger partial charge in [0.05, 0.1) is 5.41 Å². The number of halogens is 2. The van der Waals surface area contributed by atoms with Gasteiger partial charge >= 0.3 is 0 Å². The minimum Gasteiger partial charge on any atom is -0.308 e. The van der Waals surface area contributed by atoms with Crippen LogP contribution in [-0.4, -0.2) is 30.8 Å². The van der Waals surface area contributed by atoms with Gasteiger partial charge in [-0.05, 0) is 38.1 Å². The summed E-state index contributed by atoms with van der Waals surface area (Å²) < 4.78 is 36.7. The molecule has 0 saturated carbocycles. The summed E-state index contributed by atoms with van der Waals surface area (Å²) in [5.41, 5.74) is -1.03. The molecule has 0 aliphatic carbocycles. The monoisotopic (exact) mass is 371 g/mol. The van der Waals surface area contributed by atoms with Crippen molar-refractivity contribution in [3.8, 4) is 0 Å². The maximum Gasteiger partial charge on any atom is 0.235 e. The first-order chi connectivity index (χ1) is 11.0. The summed E-state index contributed by atoms with van der Waals surface area (Å²) in [6.07, 6.45) is 1.00. The average Bonchev–Trinajstić information content (AvgIpc) is 2.46. The fourth-order valence-electron chi connectivity index (χ4n) is 1.98. The summed E-state index contributed by atoms with van der Waals surface area (Å²) in [6.45, 7) is 3.10. The Balaban J connectivity index is 2.25. The van der Waals surface area contributed by atoms with Crippen molar-refractivity contribution in [2.45, 2.75) is 24.3 Å². The fourth-order valence-corrected chi connectivity index (χ4v) is 2.64.